The smallest absolute Gasteiger partial charge is 0.425 e. The fraction of sp³-hybridized carbons (Fsp3) is 0.415. The number of carbonyl (C=O) groups excluding carboxylic acids is 8. The average molecular weight is 1210 g/mol. The summed E-state index contributed by atoms with van der Waals surface area (Å²) in [6, 6.07) is 28.6. The van der Waals surface area contributed by atoms with Crippen molar-refractivity contribution in [3.8, 4) is 17.2 Å². The summed E-state index contributed by atoms with van der Waals surface area (Å²) in [5, 5.41) is 5.41. The van der Waals surface area contributed by atoms with E-state index in [4.69, 9.17) is 26.8 Å². The topological polar surface area (TPSA) is 249 Å². The molecule has 86 heavy (non-hydrogen) atoms. The van der Waals surface area contributed by atoms with Gasteiger partial charge in [0, 0.05) is 84.8 Å². The molecule has 0 saturated carbocycles. The molecule has 10 rings (SSSR count). The largest absolute Gasteiger partial charge is 0.493 e. The number of thioether (sulfide) groups is 1. The first-order valence-corrected chi connectivity index (χ1v) is 31.4. The van der Waals surface area contributed by atoms with Gasteiger partial charge in [-0.1, -0.05) is 43.3 Å². The lowest BCUT2D eigenvalue weighted by atomic mass is 9.98. The average Bonchev–Trinajstić information content (AvgIpc) is 2.29. The van der Waals surface area contributed by atoms with Crippen LogP contribution in [0, 0.1) is 12.8 Å². The summed E-state index contributed by atoms with van der Waals surface area (Å²) in [7, 11) is -1.57. The molecule has 1 unspecified atom stereocenters. The van der Waals surface area contributed by atoms with Gasteiger partial charge in [-0.25, -0.2) is 0 Å². The zero-order chi connectivity index (χ0) is 61.3. The molecule has 6 amide bonds. The van der Waals surface area contributed by atoms with Crippen molar-refractivity contribution in [1.82, 2.24) is 10.2 Å². The number of likely N-dealkylation sites (tertiary alicyclic amines) is 1. The molecule has 5 atom stereocenters. The highest BCUT2D eigenvalue weighted by Gasteiger charge is 2.40. The third kappa shape index (κ3) is 14.6. The van der Waals surface area contributed by atoms with Gasteiger partial charge >= 0.3 is 10.6 Å². The number of methoxy groups -OCH3 is 1. The van der Waals surface area contributed by atoms with E-state index in [-0.39, 0.29) is 110 Å². The summed E-state index contributed by atoms with van der Waals surface area (Å²) in [5.74, 6) is -0.777. The molecule has 0 radical (unpaired) electrons. The monoisotopic (exact) mass is 1210 g/mol. The van der Waals surface area contributed by atoms with Crippen molar-refractivity contribution in [2.75, 3.05) is 35.0 Å². The number of hydrogen-bond acceptors (Lipinski definition) is 15. The van der Waals surface area contributed by atoms with Gasteiger partial charge in [0.2, 0.25) is 23.6 Å². The Morgan fingerprint density at radius 3 is 1.80 bits per heavy atom. The Bertz CT molecular complexity index is 3600. The Kier molecular flexibility index (Phi) is 20.2. The van der Waals surface area contributed by atoms with E-state index < -0.39 is 28.5 Å². The summed E-state index contributed by atoms with van der Waals surface area (Å²) in [4.78, 5) is 111. The number of imide groups is 1. The number of carbonyl (C=O) groups is 8. The number of rotatable bonds is 23. The number of aryl methyl sites for hydroxylation is 3. The lowest BCUT2D eigenvalue weighted by Gasteiger charge is -2.23. The van der Waals surface area contributed by atoms with Crippen molar-refractivity contribution in [3.63, 3.8) is 0 Å². The van der Waals surface area contributed by atoms with Crippen molar-refractivity contribution in [2.24, 2.45) is 5.92 Å². The van der Waals surface area contributed by atoms with Gasteiger partial charge in [-0.2, -0.15) is 11.8 Å². The molecule has 5 aromatic carbocycles. The number of ketones is 2. The van der Waals surface area contributed by atoms with Crippen molar-refractivity contribution < 1.29 is 65.2 Å². The van der Waals surface area contributed by atoms with E-state index in [0.717, 1.165) is 65.7 Å². The fourth-order valence-corrected chi connectivity index (χ4v) is 12.8. The molecular weight excluding hydrogens is 1140 g/mol. The molecule has 1 saturated heterocycles. The Morgan fingerprint density at radius 1 is 0.674 bits per heavy atom. The third-order valence-corrected chi connectivity index (χ3v) is 17.6. The van der Waals surface area contributed by atoms with Crippen molar-refractivity contribution in [2.45, 2.75) is 147 Å². The number of hydrogen-bond donors (Lipinski definition) is 2. The summed E-state index contributed by atoms with van der Waals surface area (Å²) in [6.45, 7) is 5.58. The molecule has 5 aliphatic rings. The van der Waals surface area contributed by atoms with Crippen LogP contribution in [-0.4, -0.2) is 108 Å². The highest BCUT2D eigenvalue weighted by atomic mass is 32.2. The molecule has 19 nitrogen and oxygen atoms in total. The van der Waals surface area contributed by atoms with Crippen LogP contribution in [0.2, 0.25) is 0 Å². The number of Topliss-reactive ketones (excluding diaryl/α,β-unsaturated/α-hetero) is 2. The third-order valence-electron chi connectivity index (χ3n) is 16.7. The SMILES string of the molecule is COc1cc2c(cc1OCc1cc(COc3cc4c(cc3C)C(=O)N3c5ccccc5C[C@H]3CC4)cc(NC(=O)[C@H](C)CC(=O)[C@H](C)NC(=O)CCCCC(=O)CCCN3C(=O)CC(SC)C3=O)c1)CC[C@@H]1Cc3ccccc3N1C2=O.O=S(=O)=O. The van der Waals surface area contributed by atoms with E-state index in [0.29, 0.717) is 65.3 Å². The van der Waals surface area contributed by atoms with E-state index in [9.17, 15) is 38.4 Å². The van der Waals surface area contributed by atoms with Crippen LogP contribution in [0.25, 0.3) is 0 Å². The molecule has 5 heterocycles. The molecule has 0 bridgehead atoms. The van der Waals surface area contributed by atoms with Gasteiger partial charge in [0.25, 0.3) is 11.8 Å². The molecule has 21 heteroatoms. The Labute approximate surface area is 505 Å². The van der Waals surface area contributed by atoms with Crippen LogP contribution in [0.15, 0.2) is 91.0 Å². The van der Waals surface area contributed by atoms with E-state index in [1.807, 2.05) is 83.5 Å². The molecule has 0 spiro atoms. The molecule has 452 valence electrons. The van der Waals surface area contributed by atoms with E-state index in [1.165, 1.54) is 27.8 Å². The minimum absolute atomic E-state index is 0.00220. The lowest BCUT2D eigenvalue weighted by molar-refractivity contribution is -0.138. The zero-order valence-electron chi connectivity index (χ0n) is 48.9. The summed E-state index contributed by atoms with van der Waals surface area (Å²) < 4.78 is 44.3. The molecule has 5 aromatic rings. The summed E-state index contributed by atoms with van der Waals surface area (Å²) in [5.41, 5.74) is 10.0. The van der Waals surface area contributed by atoms with E-state index >= 15 is 0 Å². The van der Waals surface area contributed by atoms with Crippen LogP contribution in [0.4, 0.5) is 17.1 Å². The van der Waals surface area contributed by atoms with Gasteiger partial charge in [-0.3, -0.25) is 43.3 Å². The number of anilines is 3. The highest BCUT2D eigenvalue weighted by Crippen LogP contribution is 2.42. The van der Waals surface area contributed by atoms with Gasteiger partial charge in [-0.05, 0) is 171 Å². The second kappa shape index (κ2) is 27.9. The number of para-hydroxylation sites is 2. The number of fused-ring (bicyclic) bond motifs is 8. The fourth-order valence-electron chi connectivity index (χ4n) is 12.2. The van der Waals surface area contributed by atoms with Crippen LogP contribution in [0.1, 0.15) is 138 Å². The van der Waals surface area contributed by atoms with Gasteiger partial charge < -0.3 is 34.6 Å². The number of unbranched alkanes of at least 4 members (excludes halogenated alkanes) is 1. The quantitative estimate of drug-likeness (QED) is 0.0459. The van der Waals surface area contributed by atoms with Crippen LogP contribution in [0.3, 0.4) is 0 Å². The first-order chi connectivity index (χ1) is 41.3. The normalized spacial score (nSPS) is 17.9. The number of nitrogens with one attached hydrogen (secondary N) is 2. The first kappa shape index (κ1) is 62.4. The Hall–Kier alpha value is -8.17. The van der Waals surface area contributed by atoms with Crippen LogP contribution in [0.5, 0.6) is 17.2 Å². The lowest BCUT2D eigenvalue weighted by Crippen LogP contribution is -2.39. The maximum absolute atomic E-state index is 14.2. The standard InChI is InChI=1S/C65H71N5O11S.O3S/c1-38-25-51-43(20-22-48-30-45-13-6-9-17-53(45)69(48)63(51)76)32-56(38)80-36-41-27-42(37-81-58-33-44-21-23-49-31-46-14-7-10-18-54(46)70(49)64(77)52(44)34-57(58)79-4)29-47(28-41)67-62(75)39(2)26-55(72)40(3)66-60(73)19-11-8-15-50(71)16-12-24-68-61(74)35-59(82-5)65(68)78;1-4(2)3/h6-7,9-10,13-14,17-18,25,27-29,32-34,39-40,48-49,59H,8,11-12,15-16,19-24,26,30-31,35-37H2,1-5H3,(H,66,73)(H,67,75);/t39-,40+,48-,49-,59?;/m1./s1. The van der Waals surface area contributed by atoms with Gasteiger partial charge in [0.15, 0.2) is 17.3 Å². The molecule has 5 aliphatic heterocycles. The predicted molar refractivity (Wildman–Crippen MR) is 323 cm³/mol. The summed E-state index contributed by atoms with van der Waals surface area (Å²) >= 11 is 1.35. The molecule has 2 N–H and O–H groups in total. The van der Waals surface area contributed by atoms with Crippen molar-refractivity contribution in [1.29, 1.82) is 0 Å². The van der Waals surface area contributed by atoms with E-state index in [1.54, 1.807) is 39.3 Å². The second-order valence-electron chi connectivity index (χ2n) is 22.7. The van der Waals surface area contributed by atoms with E-state index in [2.05, 4.69) is 22.8 Å². The highest BCUT2D eigenvalue weighted by molar-refractivity contribution is 8.00. The van der Waals surface area contributed by atoms with Gasteiger partial charge in [0.05, 0.1) is 18.4 Å². The first-order valence-electron chi connectivity index (χ1n) is 29.1. The maximum atomic E-state index is 14.2. The van der Waals surface area contributed by atoms with Crippen LogP contribution in [-0.2, 0) is 78.3 Å². The number of nitrogens with zero attached hydrogens (tertiary/aromatic N) is 3. The number of amides is 6. The van der Waals surface area contributed by atoms with Crippen LogP contribution >= 0.6 is 11.8 Å². The molecule has 1 fully saturated rings. The predicted octanol–water partition coefficient (Wildman–Crippen LogP) is 8.63. The minimum Gasteiger partial charge on any atom is -0.493 e. The van der Waals surface area contributed by atoms with Gasteiger partial charge in [-0.15, -0.1) is 12.6 Å². The van der Waals surface area contributed by atoms with Crippen molar-refractivity contribution in [3.05, 3.63) is 141 Å². The molecular formula is C65H71N5O14S2. The van der Waals surface area contributed by atoms with Crippen molar-refractivity contribution >= 4 is 86.4 Å². The maximum Gasteiger partial charge on any atom is 0.425 e. The molecule has 0 aliphatic carbocycles. The molecule has 0 aromatic heterocycles. The Morgan fingerprint density at radius 2 is 1.22 bits per heavy atom. The number of benzene rings is 5. The Balaban J connectivity index is 0.00000214. The summed E-state index contributed by atoms with van der Waals surface area (Å²) in [6.07, 6.45) is 8.43. The zero-order valence-corrected chi connectivity index (χ0v) is 50.6. The minimum atomic E-state index is -3.11. The number of ether oxygens (including phenoxy) is 3. The van der Waals surface area contributed by atoms with Crippen LogP contribution < -0.4 is 34.6 Å². The van der Waals surface area contributed by atoms with Gasteiger partial charge in [0.1, 0.15) is 24.7 Å². The second-order valence-corrected chi connectivity index (χ2v) is 24.1.